The topological polar surface area (TPSA) is 29.1 Å². The van der Waals surface area contributed by atoms with E-state index in [-0.39, 0.29) is 12.2 Å². The lowest BCUT2D eigenvalue weighted by molar-refractivity contribution is 0.0992. The highest BCUT2D eigenvalue weighted by Gasteiger charge is 2.12. The molecule has 0 bridgehead atoms. The van der Waals surface area contributed by atoms with E-state index in [4.69, 9.17) is 0 Å². The van der Waals surface area contributed by atoms with Gasteiger partial charge in [0.25, 0.3) is 0 Å². The van der Waals surface area contributed by atoms with Crippen LogP contribution in [0.2, 0.25) is 0 Å². The van der Waals surface area contributed by atoms with E-state index in [9.17, 15) is 13.6 Å². The molecule has 0 aliphatic carbocycles. The van der Waals surface area contributed by atoms with Crippen molar-refractivity contribution < 1.29 is 13.6 Å². The highest BCUT2D eigenvalue weighted by atomic mass is 19.2. The van der Waals surface area contributed by atoms with Crippen molar-refractivity contribution in [3.8, 4) is 0 Å². The van der Waals surface area contributed by atoms with Crippen LogP contribution in [0.3, 0.4) is 0 Å². The summed E-state index contributed by atoms with van der Waals surface area (Å²) in [4.78, 5) is 12.4. The number of likely N-dealkylation sites (N-methyl/N-ethyl adjacent to an activating group) is 1. The minimum Gasteiger partial charge on any atom is -0.319 e. The normalized spacial score (nSPS) is 10.6. The average molecular weight is 289 g/mol. The summed E-state index contributed by atoms with van der Waals surface area (Å²) in [7, 11) is 1.85. The van der Waals surface area contributed by atoms with Gasteiger partial charge in [0.2, 0.25) is 0 Å². The number of carbonyl (C=O) groups excluding carboxylic acids is 1. The summed E-state index contributed by atoms with van der Waals surface area (Å²) in [6, 6.07) is 10.9. The van der Waals surface area contributed by atoms with Crippen molar-refractivity contribution in [1.82, 2.24) is 5.32 Å². The molecule has 0 unspecified atom stereocenters. The first-order valence-electron chi connectivity index (χ1n) is 6.81. The molecular formula is C17H17F2NO. The van der Waals surface area contributed by atoms with Gasteiger partial charge in [0.1, 0.15) is 0 Å². The van der Waals surface area contributed by atoms with Crippen LogP contribution in [0.15, 0.2) is 42.5 Å². The number of ketones is 1. The molecule has 0 spiro atoms. The van der Waals surface area contributed by atoms with E-state index in [0.29, 0.717) is 11.1 Å². The second-order valence-corrected chi connectivity index (χ2v) is 4.86. The van der Waals surface area contributed by atoms with Gasteiger partial charge in [-0.1, -0.05) is 30.3 Å². The van der Waals surface area contributed by atoms with E-state index in [1.807, 2.05) is 19.2 Å². The summed E-state index contributed by atoms with van der Waals surface area (Å²) < 4.78 is 26.1. The third-order valence-electron chi connectivity index (χ3n) is 3.31. The Bertz CT molecular complexity index is 640. The van der Waals surface area contributed by atoms with Crippen molar-refractivity contribution in [2.24, 2.45) is 0 Å². The van der Waals surface area contributed by atoms with Gasteiger partial charge in [-0.15, -0.1) is 0 Å². The highest BCUT2D eigenvalue weighted by molar-refractivity contribution is 5.98. The molecule has 0 fully saturated rings. The van der Waals surface area contributed by atoms with E-state index < -0.39 is 11.6 Å². The lowest BCUT2D eigenvalue weighted by Gasteiger charge is -2.09. The van der Waals surface area contributed by atoms with Gasteiger partial charge in [-0.05, 0) is 43.3 Å². The van der Waals surface area contributed by atoms with Crippen LogP contribution in [-0.4, -0.2) is 19.4 Å². The van der Waals surface area contributed by atoms with Crippen LogP contribution in [0, 0.1) is 11.6 Å². The zero-order chi connectivity index (χ0) is 15.2. The molecule has 21 heavy (non-hydrogen) atoms. The zero-order valence-electron chi connectivity index (χ0n) is 11.8. The van der Waals surface area contributed by atoms with Crippen molar-refractivity contribution in [1.29, 1.82) is 0 Å². The molecule has 0 aliphatic heterocycles. The summed E-state index contributed by atoms with van der Waals surface area (Å²) in [6.07, 6.45) is 0.809. The Morgan fingerprint density at radius 2 is 1.86 bits per heavy atom. The standard InChI is InChI=1S/C17H17F2NO/c1-20-9-8-13-4-2-3-5-14(13)17(21)11-12-6-7-15(18)16(19)10-12/h2-7,10,20H,8-9,11H2,1H3. The van der Waals surface area contributed by atoms with Gasteiger partial charge in [0.05, 0.1) is 0 Å². The van der Waals surface area contributed by atoms with Gasteiger partial charge in [-0.3, -0.25) is 4.79 Å². The zero-order valence-corrected chi connectivity index (χ0v) is 11.8. The maximum absolute atomic E-state index is 13.2. The molecule has 2 aromatic rings. The number of carbonyl (C=O) groups is 1. The molecule has 0 heterocycles. The van der Waals surface area contributed by atoms with Crippen LogP contribution in [0.4, 0.5) is 8.78 Å². The van der Waals surface area contributed by atoms with E-state index in [1.54, 1.807) is 12.1 Å². The smallest absolute Gasteiger partial charge is 0.167 e. The summed E-state index contributed by atoms with van der Waals surface area (Å²) >= 11 is 0. The summed E-state index contributed by atoms with van der Waals surface area (Å²) in [6.45, 7) is 0.773. The Labute approximate surface area is 122 Å². The van der Waals surface area contributed by atoms with Crippen molar-refractivity contribution in [2.75, 3.05) is 13.6 Å². The summed E-state index contributed by atoms with van der Waals surface area (Å²) in [5.41, 5.74) is 2.07. The Morgan fingerprint density at radius 1 is 1.10 bits per heavy atom. The number of hydrogen-bond donors (Lipinski definition) is 1. The first kappa shape index (κ1) is 15.3. The molecule has 0 aliphatic rings. The first-order chi connectivity index (χ1) is 10.1. The highest BCUT2D eigenvalue weighted by Crippen LogP contribution is 2.15. The molecule has 4 heteroatoms. The minimum absolute atomic E-state index is 0.0633. The molecule has 0 atom stereocenters. The molecule has 0 saturated carbocycles. The Kier molecular flexibility index (Phi) is 5.17. The monoisotopic (exact) mass is 289 g/mol. The molecule has 1 N–H and O–H groups in total. The van der Waals surface area contributed by atoms with Gasteiger partial charge < -0.3 is 5.32 Å². The first-order valence-corrected chi connectivity index (χ1v) is 6.81. The summed E-state index contributed by atoms with van der Waals surface area (Å²) in [5.74, 6) is -1.92. The molecule has 2 aromatic carbocycles. The molecule has 0 amide bonds. The maximum atomic E-state index is 13.2. The van der Waals surface area contributed by atoms with Crippen molar-refractivity contribution in [3.05, 3.63) is 70.8 Å². The van der Waals surface area contributed by atoms with Crippen LogP contribution >= 0.6 is 0 Å². The second-order valence-electron chi connectivity index (χ2n) is 4.86. The van der Waals surface area contributed by atoms with Gasteiger partial charge in [0, 0.05) is 12.0 Å². The molecule has 0 radical (unpaired) electrons. The Morgan fingerprint density at radius 3 is 2.57 bits per heavy atom. The van der Waals surface area contributed by atoms with E-state index in [0.717, 1.165) is 30.7 Å². The van der Waals surface area contributed by atoms with Gasteiger partial charge in [0.15, 0.2) is 17.4 Å². The van der Waals surface area contributed by atoms with Crippen LogP contribution in [0.1, 0.15) is 21.5 Å². The van der Waals surface area contributed by atoms with Crippen LogP contribution in [0.25, 0.3) is 0 Å². The lowest BCUT2D eigenvalue weighted by Crippen LogP contribution is -2.14. The molecule has 0 saturated heterocycles. The largest absolute Gasteiger partial charge is 0.319 e. The maximum Gasteiger partial charge on any atom is 0.167 e. The van der Waals surface area contributed by atoms with Crippen molar-refractivity contribution >= 4 is 5.78 Å². The fourth-order valence-electron chi connectivity index (χ4n) is 2.20. The number of benzene rings is 2. The average Bonchev–Trinajstić information content (AvgIpc) is 2.49. The number of Topliss-reactive ketones (excluding diaryl/α,β-unsaturated/α-hetero) is 1. The van der Waals surface area contributed by atoms with Gasteiger partial charge in [-0.25, -0.2) is 8.78 Å². The predicted molar refractivity (Wildman–Crippen MR) is 78.5 cm³/mol. The van der Waals surface area contributed by atoms with Crippen LogP contribution < -0.4 is 5.32 Å². The predicted octanol–water partition coefficient (Wildman–Crippen LogP) is 3.15. The molecule has 2 nitrogen and oxygen atoms in total. The minimum atomic E-state index is -0.927. The molecule has 110 valence electrons. The van der Waals surface area contributed by atoms with Gasteiger partial charge in [-0.2, -0.15) is 0 Å². The third kappa shape index (κ3) is 3.95. The van der Waals surface area contributed by atoms with Gasteiger partial charge >= 0.3 is 0 Å². The fourth-order valence-corrected chi connectivity index (χ4v) is 2.20. The molecule has 0 aromatic heterocycles. The number of halogens is 2. The number of nitrogens with one attached hydrogen (secondary N) is 1. The fraction of sp³-hybridized carbons (Fsp3) is 0.235. The lowest BCUT2D eigenvalue weighted by atomic mass is 9.97. The third-order valence-corrected chi connectivity index (χ3v) is 3.31. The van der Waals surface area contributed by atoms with E-state index in [1.165, 1.54) is 6.07 Å². The number of rotatable bonds is 6. The SMILES string of the molecule is CNCCc1ccccc1C(=O)Cc1ccc(F)c(F)c1. The molecular weight excluding hydrogens is 272 g/mol. The van der Waals surface area contributed by atoms with Crippen LogP contribution in [0.5, 0.6) is 0 Å². The van der Waals surface area contributed by atoms with Crippen LogP contribution in [-0.2, 0) is 12.8 Å². The van der Waals surface area contributed by atoms with E-state index >= 15 is 0 Å². The Hall–Kier alpha value is -2.07. The molecule has 2 rings (SSSR count). The quantitative estimate of drug-likeness (QED) is 0.828. The van der Waals surface area contributed by atoms with E-state index in [2.05, 4.69) is 5.32 Å². The Balaban J connectivity index is 2.18. The van der Waals surface area contributed by atoms with Crippen molar-refractivity contribution in [3.63, 3.8) is 0 Å². The van der Waals surface area contributed by atoms with Crippen molar-refractivity contribution in [2.45, 2.75) is 12.8 Å². The number of hydrogen-bond acceptors (Lipinski definition) is 2. The summed E-state index contributed by atoms with van der Waals surface area (Å²) in [5, 5.41) is 3.04. The second kappa shape index (κ2) is 7.09.